The van der Waals surface area contributed by atoms with Crippen molar-refractivity contribution in [2.45, 2.75) is 17.7 Å². The normalized spacial score (nSPS) is 10.5. The molecule has 1 rings (SSSR count). The van der Waals surface area contributed by atoms with Gasteiger partial charge in [0, 0.05) is 6.42 Å². The molecule has 90 valence electrons. The molecule has 1 aromatic carbocycles. The van der Waals surface area contributed by atoms with Crippen molar-refractivity contribution < 1.29 is 18.3 Å². The lowest BCUT2D eigenvalue weighted by Gasteiger charge is -2.02. The fourth-order valence-corrected chi connectivity index (χ4v) is 2.49. The summed E-state index contributed by atoms with van der Waals surface area (Å²) in [6.45, 7) is 0. The minimum Gasteiger partial charge on any atom is -0.481 e. The number of carbonyl (C=O) groups is 1. The number of hydrogen-bond acceptors (Lipinski definition) is 3. The molecule has 0 spiro atoms. The zero-order valence-corrected chi connectivity index (χ0v) is 10.1. The Labute approximate surface area is 101 Å². The molecule has 0 heterocycles. The van der Waals surface area contributed by atoms with Crippen LogP contribution in [0.5, 0.6) is 0 Å². The van der Waals surface area contributed by atoms with Gasteiger partial charge in [0.2, 0.25) is 0 Å². The third-order valence-electron chi connectivity index (χ3n) is 1.91. The highest BCUT2D eigenvalue weighted by atomic mass is 35.5. The van der Waals surface area contributed by atoms with Crippen LogP contribution >= 0.6 is 12.4 Å². The van der Waals surface area contributed by atoms with Crippen LogP contribution in [-0.4, -0.2) is 25.2 Å². The number of hydrogen-bond donors (Lipinski definition) is 1. The van der Waals surface area contributed by atoms with Crippen LogP contribution in [0, 0.1) is 0 Å². The third kappa shape index (κ3) is 4.63. The van der Waals surface area contributed by atoms with Crippen molar-refractivity contribution in [2.75, 3.05) is 5.75 Å². The number of rotatable bonds is 5. The van der Waals surface area contributed by atoms with Gasteiger partial charge in [0.15, 0.2) is 9.84 Å². The summed E-state index contributed by atoms with van der Waals surface area (Å²) in [6.07, 6.45) is 0.0264. The lowest BCUT2D eigenvalue weighted by Crippen LogP contribution is -2.08. The summed E-state index contributed by atoms with van der Waals surface area (Å²) in [7, 11) is -3.32. The van der Waals surface area contributed by atoms with Crippen LogP contribution in [0.3, 0.4) is 0 Å². The topological polar surface area (TPSA) is 71.4 Å². The summed E-state index contributed by atoms with van der Waals surface area (Å²) in [5, 5.41) is 8.39. The molecule has 0 aliphatic carbocycles. The molecule has 0 saturated heterocycles. The molecule has 16 heavy (non-hydrogen) atoms. The summed E-state index contributed by atoms with van der Waals surface area (Å²) in [6, 6.07) is 8.04. The van der Waals surface area contributed by atoms with E-state index in [2.05, 4.69) is 0 Å². The molecule has 0 unspecified atom stereocenters. The smallest absolute Gasteiger partial charge is 0.303 e. The van der Waals surface area contributed by atoms with Gasteiger partial charge in [0.25, 0.3) is 0 Å². The van der Waals surface area contributed by atoms with Crippen LogP contribution in [0.4, 0.5) is 0 Å². The second kappa shape index (κ2) is 6.50. The molecule has 0 atom stereocenters. The number of benzene rings is 1. The van der Waals surface area contributed by atoms with Crippen LogP contribution in [0.1, 0.15) is 12.8 Å². The predicted octanol–water partition coefficient (Wildman–Crippen LogP) is 1.75. The maximum absolute atomic E-state index is 11.6. The molecule has 0 fully saturated rings. The molecule has 0 aliphatic rings. The first-order valence-corrected chi connectivity index (χ1v) is 6.17. The van der Waals surface area contributed by atoms with Crippen LogP contribution in [-0.2, 0) is 14.6 Å². The summed E-state index contributed by atoms with van der Waals surface area (Å²) in [5.41, 5.74) is 0. The van der Waals surface area contributed by atoms with Crippen LogP contribution in [0.25, 0.3) is 0 Å². The molecule has 4 nitrogen and oxygen atoms in total. The maximum Gasteiger partial charge on any atom is 0.303 e. The molecule has 0 radical (unpaired) electrons. The molecule has 6 heteroatoms. The van der Waals surface area contributed by atoms with Gasteiger partial charge >= 0.3 is 5.97 Å². The fourth-order valence-electron chi connectivity index (χ4n) is 1.16. The number of halogens is 1. The minimum atomic E-state index is -3.32. The van der Waals surface area contributed by atoms with Crippen molar-refractivity contribution in [1.82, 2.24) is 0 Å². The van der Waals surface area contributed by atoms with Crippen molar-refractivity contribution in [1.29, 1.82) is 0 Å². The van der Waals surface area contributed by atoms with Gasteiger partial charge in [-0.2, -0.15) is 0 Å². The second-order valence-corrected chi connectivity index (χ2v) is 5.24. The Morgan fingerprint density at radius 3 is 2.25 bits per heavy atom. The van der Waals surface area contributed by atoms with Crippen molar-refractivity contribution in [3.05, 3.63) is 30.3 Å². The highest BCUT2D eigenvalue weighted by molar-refractivity contribution is 7.91. The van der Waals surface area contributed by atoms with E-state index in [0.717, 1.165) is 0 Å². The Kier molecular flexibility index (Phi) is 6.06. The second-order valence-electron chi connectivity index (χ2n) is 3.13. The Morgan fingerprint density at radius 2 is 1.75 bits per heavy atom. The summed E-state index contributed by atoms with van der Waals surface area (Å²) in [4.78, 5) is 10.5. The van der Waals surface area contributed by atoms with Crippen LogP contribution in [0.15, 0.2) is 35.2 Å². The molecule has 0 bridgehead atoms. The highest BCUT2D eigenvalue weighted by Crippen LogP contribution is 2.11. The predicted molar refractivity (Wildman–Crippen MR) is 62.6 cm³/mol. The molecule has 0 aromatic heterocycles. The summed E-state index contributed by atoms with van der Waals surface area (Å²) in [5.74, 6) is -1.10. The zero-order valence-electron chi connectivity index (χ0n) is 8.50. The van der Waals surface area contributed by atoms with Gasteiger partial charge < -0.3 is 5.11 Å². The first-order valence-electron chi connectivity index (χ1n) is 4.52. The standard InChI is InChI=1S/C10H12O4S.ClH/c11-10(12)7-4-8-15(13,14)9-5-2-1-3-6-9;/h1-3,5-6H,4,7-8H2,(H,11,12);1H. The van der Waals surface area contributed by atoms with E-state index in [-0.39, 0.29) is 35.9 Å². The first kappa shape index (κ1) is 14.9. The van der Waals surface area contributed by atoms with Gasteiger partial charge in [-0.1, -0.05) is 18.2 Å². The van der Waals surface area contributed by atoms with Crippen LogP contribution in [0.2, 0.25) is 0 Å². The molecule has 0 amide bonds. The third-order valence-corrected chi connectivity index (χ3v) is 3.72. The van der Waals surface area contributed by atoms with E-state index in [1.807, 2.05) is 0 Å². The van der Waals surface area contributed by atoms with Gasteiger partial charge in [0.05, 0.1) is 10.6 Å². The minimum absolute atomic E-state index is 0. The van der Waals surface area contributed by atoms with Crippen molar-refractivity contribution in [2.24, 2.45) is 0 Å². The van der Waals surface area contributed by atoms with Crippen molar-refractivity contribution >= 4 is 28.2 Å². The van der Waals surface area contributed by atoms with Gasteiger partial charge in [0.1, 0.15) is 0 Å². The highest BCUT2D eigenvalue weighted by Gasteiger charge is 2.13. The Morgan fingerprint density at radius 1 is 1.19 bits per heavy atom. The lowest BCUT2D eigenvalue weighted by atomic mass is 10.3. The molecular weight excluding hydrogens is 252 g/mol. The van der Waals surface area contributed by atoms with E-state index in [1.165, 1.54) is 12.1 Å². The van der Waals surface area contributed by atoms with Crippen LogP contribution < -0.4 is 0 Å². The van der Waals surface area contributed by atoms with Gasteiger partial charge in [-0.05, 0) is 18.6 Å². The Bertz CT molecular complexity index is 427. The monoisotopic (exact) mass is 264 g/mol. The first-order chi connectivity index (χ1) is 7.02. The van der Waals surface area contributed by atoms with E-state index < -0.39 is 15.8 Å². The Hall–Kier alpha value is -1.07. The van der Waals surface area contributed by atoms with E-state index in [0.29, 0.717) is 0 Å². The SMILES string of the molecule is Cl.O=C(O)CCCS(=O)(=O)c1ccccc1. The largest absolute Gasteiger partial charge is 0.481 e. The molecule has 0 saturated carbocycles. The number of carboxylic acid groups (broad SMARTS) is 1. The number of sulfone groups is 1. The molecular formula is C10H13ClO4S. The Balaban J connectivity index is 0.00000225. The van der Waals surface area contributed by atoms with E-state index in [4.69, 9.17) is 5.11 Å². The number of carboxylic acids is 1. The average molecular weight is 265 g/mol. The quantitative estimate of drug-likeness (QED) is 0.879. The van der Waals surface area contributed by atoms with Crippen molar-refractivity contribution in [3.63, 3.8) is 0 Å². The molecule has 1 aromatic rings. The fraction of sp³-hybridized carbons (Fsp3) is 0.300. The lowest BCUT2D eigenvalue weighted by molar-refractivity contribution is -0.137. The van der Waals surface area contributed by atoms with E-state index in [9.17, 15) is 13.2 Å². The molecule has 0 aliphatic heterocycles. The summed E-state index contributed by atoms with van der Waals surface area (Å²) < 4.78 is 23.2. The molecule has 1 N–H and O–H groups in total. The summed E-state index contributed by atoms with van der Waals surface area (Å²) >= 11 is 0. The number of aliphatic carboxylic acids is 1. The van der Waals surface area contributed by atoms with Gasteiger partial charge in [-0.3, -0.25) is 4.79 Å². The van der Waals surface area contributed by atoms with E-state index in [1.54, 1.807) is 18.2 Å². The maximum atomic E-state index is 11.6. The van der Waals surface area contributed by atoms with Crippen molar-refractivity contribution in [3.8, 4) is 0 Å². The van der Waals surface area contributed by atoms with E-state index >= 15 is 0 Å². The van der Waals surface area contributed by atoms with Gasteiger partial charge in [-0.25, -0.2) is 8.42 Å². The average Bonchev–Trinajstić information content (AvgIpc) is 2.18. The van der Waals surface area contributed by atoms with Gasteiger partial charge in [-0.15, -0.1) is 12.4 Å². The zero-order chi connectivity index (χ0) is 11.3.